The molecular weight excluding hydrogens is 168 g/mol. The lowest BCUT2D eigenvalue weighted by Crippen LogP contribution is -1.99. The molecule has 2 N–H and O–H groups in total. The number of hydrogen-bond donors (Lipinski definition) is 2. The van der Waals surface area contributed by atoms with Crippen LogP contribution in [0.2, 0.25) is 0 Å². The highest BCUT2D eigenvalue weighted by Crippen LogP contribution is 2.31. The van der Waals surface area contributed by atoms with Gasteiger partial charge in [-0.3, -0.25) is 0 Å². The summed E-state index contributed by atoms with van der Waals surface area (Å²) < 4.78 is 0. The van der Waals surface area contributed by atoms with Gasteiger partial charge in [-0.15, -0.1) is 0 Å². The number of carboxylic acid groups (broad SMARTS) is 1. The molecular formula is C10H10O3. The van der Waals surface area contributed by atoms with Gasteiger partial charge >= 0.3 is 5.97 Å². The van der Waals surface area contributed by atoms with Crippen LogP contribution in [0.25, 0.3) is 0 Å². The number of aryl methyl sites for hydroxylation is 1. The smallest absolute Gasteiger partial charge is 0.335 e. The third kappa shape index (κ3) is 1.31. The predicted octanol–water partition coefficient (Wildman–Crippen LogP) is 1.36. The maximum Gasteiger partial charge on any atom is 0.335 e. The van der Waals surface area contributed by atoms with Crippen LogP contribution in [-0.2, 0) is 6.42 Å². The van der Waals surface area contributed by atoms with Crippen LogP contribution in [0.15, 0.2) is 18.2 Å². The molecule has 3 heteroatoms. The van der Waals surface area contributed by atoms with Gasteiger partial charge in [0, 0.05) is 0 Å². The number of fused-ring (bicyclic) bond motifs is 1. The van der Waals surface area contributed by atoms with Gasteiger partial charge in [-0.05, 0) is 36.1 Å². The van der Waals surface area contributed by atoms with E-state index in [2.05, 4.69) is 0 Å². The highest BCUT2D eigenvalue weighted by molar-refractivity contribution is 5.88. The second kappa shape index (κ2) is 2.85. The first-order valence-corrected chi connectivity index (χ1v) is 4.22. The highest BCUT2D eigenvalue weighted by Gasteiger charge is 2.21. The van der Waals surface area contributed by atoms with Crippen molar-refractivity contribution in [3.05, 3.63) is 34.9 Å². The lowest BCUT2D eigenvalue weighted by atomic mass is 10.1. The van der Waals surface area contributed by atoms with Crippen molar-refractivity contribution in [2.24, 2.45) is 0 Å². The van der Waals surface area contributed by atoms with Gasteiger partial charge in [-0.2, -0.15) is 0 Å². The van der Waals surface area contributed by atoms with Crippen molar-refractivity contribution in [1.29, 1.82) is 0 Å². The first-order chi connectivity index (χ1) is 6.18. The van der Waals surface area contributed by atoms with Crippen molar-refractivity contribution in [2.75, 3.05) is 0 Å². The summed E-state index contributed by atoms with van der Waals surface area (Å²) in [6.07, 6.45) is 1.07. The minimum atomic E-state index is -0.943. The maximum absolute atomic E-state index is 10.6. The minimum Gasteiger partial charge on any atom is -0.478 e. The second-order valence-electron chi connectivity index (χ2n) is 3.27. The van der Waals surface area contributed by atoms with Crippen LogP contribution in [-0.4, -0.2) is 16.2 Å². The average molecular weight is 178 g/mol. The molecule has 0 amide bonds. The number of carbonyl (C=O) groups is 1. The summed E-state index contributed by atoms with van der Waals surface area (Å²) in [7, 11) is 0. The molecule has 1 atom stereocenters. The van der Waals surface area contributed by atoms with E-state index in [0.717, 1.165) is 17.5 Å². The van der Waals surface area contributed by atoms with Gasteiger partial charge in [-0.25, -0.2) is 4.79 Å². The molecule has 0 bridgehead atoms. The molecule has 1 aliphatic rings. The van der Waals surface area contributed by atoms with E-state index in [-0.39, 0.29) is 5.56 Å². The van der Waals surface area contributed by atoms with Gasteiger partial charge in [0.05, 0.1) is 11.7 Å². The number of aliphatic hydroxyl groups excluding tert-OH is 1. The van der Waals surface area contributed by atoms with Gasteiger partial charge in [0.15, 0.2) is 0 Å². The number of hydrogen-bond acceptors (Lipinski definition) is 2. The third-order valence-electron chi connectivity index (χ3n) is 2.44. The number of benzene rings is 1. The topological polar surface area (TPSA) is 57.5 Å². The van der Waals surface area contributed by atoms with E-state index in [1.165, 1.54) is 0 Å². The van der Waals surface area contributed by atoms with E-state index in [1.807, 2.05) is 0 Å². The Balaban J connectivity index is 2.47. The molecule has 1 aliphatic carbocycles. The molecule has 0 saturated heterocycles. The number of aliphatic hydroxyl groups is 1. The Bertz CT molecular complexity index is 357. The SMILES string of the molecule is O=C(O)c1ccc2c(c1)C(O)CC2. The molecule has 1 unspecified atom stereocenters. The van der Waals surface area contributed by atoms with Crippen LogP contribution in [0, 0.1) is 0 Å². The Morgan fingerprint density at radius 1 is 1.46 bits per heavy atom. The van der Waals surface area contributed by atoms with Crippen LogP contribution in [0.5, 0.6) is 0 Å². The first kappa shape index (κ1) is 8.26. The monoisotopic (exact) mass is 178 g/mol. The zero-order valence-corrected chi connectivity index (χ0v) is 7.03. The van der Waals surface area contributed by atoms with Gasteiger partial charge in [0.1, 0.15) is 0 Å². The van der Waals surface area contributed by atoms with Crippen molar-refractivity contribution in [3.8, 4) is 0 Å². The molecule has 0 saturated carbocycles. The van der Waals surface area contributed by atoms with E-state index < -0.39 is 12.1 Å². The quantitative estimate of drug-likeness (QED) is 0.682. The van der Waals surface area contributed by atoms with Crippen molar-refractivity contribution >= 4 is 5.97 Å². The van der Waals surface area contributed by atoms with E-state index in [0.29, 0.717) is 6.42 Å². The maximum atomic E-state index is 10.6. The summed E-state index contributed by atoms with van der Waals surface area (Å²) >= 11 is 0. The molecule has 0 aromatic heterocycles. The molecule has 0 heterocycles. The number of rotatable bonds is 1. The van der Waals surface area contributed by atoms with Crippen molar-refractivity contribution in [3.63, 3.8) is 0 Å². The van der Waals surface area contributed by atoms with E-state index in [9.17, 15) is 9.90 Å². The molecule has 2 rings (SSSR count). The van der Waals surface area contributed by atoms with E-state index in [1.54, 1.807) is 18.2 Å². The van der Waals surface area contributed by atoms with Crippen molar-refractivity contribution in [1.82, 2.24) is 0 Å². The van der Waals surface area contributed by atoms with Crippen molar-refractivity contribution in [2.45, 2.75) is 18.9 Å². The summed E-state index contributed by atoms with van der Waals surface area (Å²) in [5.74, 6) is -0.943. The summed E-state index contributed by atoms with van der Waals surface area (Å²) in [5, 5.41) is 18.2. The summed E-state index contributed by atoms with van der Waals surface area (Å²) in [6, 6.07) is 4.93. The fourth-order valence-corrected chi connectivity index (χ4v) is 1.71. The number of carboxylic acids is 1. The average Bonchev–Trinajstić information content (AvgIpc) is 2.47. The predicted molar refractivity (Wildman–Crippen MR) is 46.7 cm³/mol. The molecule has 1 aromatic carbocycles. The second-order valence-corrected chi connectivity index (χ2v) is 3.27. The van der Waals surface area contributed by atoms with Gasteiger partial charge in [-0.1, -0.05) is 6.07 Å². The first-order valence-electron chi connectivity index (χ1n) is 4.22. The standard InChI is InChI=1S/C10H10O3/c11-9-4-3-6-1-2-7(10(12)13)5-8(6)9/h1-2,5,9,11H,3-4H2,(H,12,13). The van der Waals surface area contributed by atoms with Crippen LogP contribution in [0.3, 0.4) is 0 Å². The van der Waals surface area contributed by atoms with Crippen LogP contribution in [0.1, 0.15) is 34.0 Å². The van der Waals surface area contributed by atoms with E-state index in [4.69, 9.17) is 5.11 Å². The fourth-order valence-electron chi connectivity index (χ4n) is 1.71. The fraction of sp³-hybridized carbons (Fsp3) is 0.300. The molecule has 68 valence electrons. The molecule has 3 nitrogen and oxygen atoms in total. The minimum absolute atomic E-state index is 0.250. The van der Waals surface area contributed by atoms with Crippen LogP contribution in [0.4, 0.5) is 0 Å². The van der Waals surface area contributed by atoms with Crippen molar-refractivity contribution < 1.29 is 15.0 Å². The molecule has 0 aliphatic heterocycles. The zero-order valence-electron chi connectivity index (χ0n) is 7.03. The molecule has 0 radical (unpaired) electrons. The molecule has 0 fully saturated rings. The Hall–Kier alpha value is -1.35. The molecule has 13 heavy (non-hydrogen) atoms. The Kier molecular flexibility index (Phi) is 1.81. The normalized spacial score (nSPS) is 19.9. The Morgan fingerprint density at radius 2 is 2.23 bits per heavy atom. The lowest BCUT2D eigenvalue weighted by Gasteiger charge is -2.04. The Morgan fingerprint density at radius 3 is 2.92 bits per heavy atom. The summed E-state index contributed by atoms with van der Waals surface area (Å²) in [5.41, 5.74) is 2.09. The third-order valence-corrected chi connectivity index (χ3v) is 2.44. The summed E-state index contributed by atoms with van der Waals surface area (Å²) in [4.78, 5) is 10.6. The highest BCUT2D eigenvalue weighted by atomic mass is 16.4. The largest absolute Gasteiger partial charge is 0.478 e. The Labute approximate surface area is 75.6 Å². The zero-order chi connectivity index (χ0) is 9.42. The molecule has 0 spiro atoms. The lowest BCUT2D eigenvalue weighted by molar-refractivity contribution is 0.0696. The molecule has 1 aromatic rings. The van der Waals surface area contributed by atoms with Gasteiger partial charge in [0.25, 0.3) is 0 Å². The van der Waals surface area contributed by atoms with Crippen LogP contribution >= 0.6 is 0 Å². The number of aromatic carboxylic acids is 1. The van der Waals surface area contributed by atoms with Gasteiger partial charge in [0.2, 0.25) is 0 Å². The summed E-state index contributed by atoms with van der Waals surface area (Å²) in [6.45, 7) is 0. The van der Waals surface area contributed by atoms with Crippen LogP contribution < -0.4 is 0 Å². The van der Waals surface area contributed by atoms with Gasteiger partial charge < -0.3 is 10.2 Å². The van der Waals surface area contributed by atoms with E-state index >= 15 is 0 Å².